The van der Waals surface area contributed by atoms with Gasteiger partial charge in [-0.1, -0.05) is 17.7 Å². The van der Waals surface area contributed by atoms with Crippen LogP contribution in [0.3, 0.4) is 0 Å². The third-order valence-corrected chi connectivity index (χ3v) is 5.25. The lowest BCUT2D eigenvalue weighted by Gasteiger charge is -2.02. The first-order chi connectivity index (χ1) is 14.3. The number of aryl methyl sites for hydroxylation is 1. The second kappa shape index (κ2) is 7.44. The lowest BCUT2D eigenvalue weighted by molar-refractivity contribution is 0.174. The van der Waals surface area contributed by atoms with E-state index in [0.717, 1.165) is 39.0 Å². The van der Waals surface area contributed by atoms with Crippen LogP contribution in [-0.4, -0.2) is 17.7 Å². The zero-order chi connectivity index (χ0) is 19.6. The van der Waals surface area contributed by atoms with Gasteiger partial charge in [0.1, 0.15) is 5.69 Å². The van der Waals surface area contributed by atoms with Gasteiger partial charge in [-0.15, -0.1) is 11.3 Å². The summed E-state index contributed by atoms with van der Waals surface area (Å²) in [6, 6.07) is 17.6. The quantitative estimate of drug-likeness (QED) is 0.453. The fraction of sp³-hybridized carbons (Fsp3) is 0.0909. The number of benzene rings is 2. The zero-order valence-electron chi connectivity index (χ0n) is 15.6. The molecule has 2 aromatic heterocycles. The molecular formula is C22H17N3O3S. The molecular weight excluding hydrogens is 386 g/mol. The van der Waals surface area contributed by atoms with Gasteiger partial charge in [0.05, 0.1) is 18.2 Å². The average Bonchev–Trinajstić information content (AvgIpc) is 3.48. The highest BCUT2D eigenvalue weighted by atomic mass is 32.1. The van der Waals surface area contributed by atoms with Crippen molar-refractivity contribution in [3.63, 3.8) is 0 Å². The van der Waals surface area contributed by atoms with Crippen LogP contribution in [0.5, 0.6) is 11.5 Å². The Labute approximate surface area is 171 Å². The summed E-state index contributed by atoms with van der Waals surface area (Å²) in [5.74, 6) is 2.20. The molecule has 3 heterocycles. The SMILES string of the molecule is Cc1ccc(N=c2scc(-c3ccco3)n2N=Cc2ccc3c(c2)OCO3)cc1. The monoisotopic (exact) mass is 403 g/mol. The summed E-state index contributed by atoms with van der Waals surface area (Å²) in [6.07, 6.45) is 3.42. The van der Waals surface area contributed by atoms with Gasteiger partial charge in [-0.05, 0) is 55.0 Å². The van der Waals surface area contributed by atoms with E-state index in [0.29, 0.717) is 0 Å². The molecule has 29 heavy (non-hydrogen) atoms. The van der Waals surface area contributed by atoms with Crippen LogP contribution in [0, 0.1) is 6.92 Å². The molecule has 0 N–H and O–H groups in total. The number of nitrogens with zero attached hydrogens (tertiary/aromatic N) is 3. The van der Waals surface area contributed by atoms with Crippen molar-refractivity contribution in [2.75, 3.05) is 6.79 Å². The van der Waals surface area contributed by atoms with E-state index in [1.165, 1.54) is 16.9 Å². The number of hydrogen-bond donors (Lipinski definition) is 0. The summed E-state index contributed by atoms with van der Waals surface area (Å²) >= 11 is 1.51. The summed E-state index contributed by atoms with van der Waals surface area (Å²) in [5, 5.41) is 6.67. The topological polar surface area (TPSA) is 61.2 Å². The third kappa shape index (κ3) is 3.60. The molecule has 5 rings (SSSR count). The van der Waals surface area contributed by atoms with Crippen molar-refractivity contribution in [1.82, 2.24) is 4.68 Å². The number of aromatic nitrogens is 1. The lowest BCUT2D eigenvalue weighted by Crippen LogP contribution is -2.11. The van der Waals surface area contributed by atoms with Gasteiger partial charge in [0.2, 0.25) is 11.6 Å². The Morgan fingerprint density at radius 1 is 1.03 bits per heavy atom. The Morgan fingerprint density at radius 3 is 2.72 bits per heavy atom. The maximum atomic E-state index is 5.59. The fourth-order valence-corrected chi connectivity index (χ4v) is 3.77. The van der Waals surface area contributed by atoms with E-state index in [1.807, 2.05) is 60.0 Å². The van der Waals surface area contributed by atoms with Crippen molar-refractivity contribution < 1.29 is 13.9 Å². The molecule has 0 radical (unpaired) electrons. The van der Waals surface area contributed by atoms with Gasteiger partial charge < -0.3 is 13.9 Å². The van der Waals surface area contributed by atoms with E-state index in [-0.39, 0.29) is 6.79 Å². The number of furan rings is 1. The van der Waals surface area contributed by atoms with Gasteiger partial charge in [0.15, 0.2) is 17.3 Å². The van der Waals surface area contributed by atoms with E-state index in [4.69, 9.17) is 18.9 Å². The maximum absolute atomic E-state index is 5.59. The molecule has 0 saturated carbocycles. The number of ether oxygens (including phenoxy) is 2. The summed E-state index contributed by atoms with van der Waals surface area (Å²) < 4.78 is 18.2. The molecule has 2 aromatic carbocycles. The average molecular weight is 403 g/mol. The molecule has 0 unspecified atom stereocenters. The highest BCUT2D eigenvalue weighted by molar-refractivity contribution is 7.07. The zero-order valence-corrected chi connectivity index (χ0v) is 16.4. The molecule has 7 heteroatoms. The first kappa shape index (κ1) is 17.5. The van der Waals surface area contributed by atoms with Crippen LogP contribution in [-0.2, 0) is 0 Å². The van der Waals surface area contributed by atoms with Crippen molar-refractivity contribution in [1.29, 1.82) is 0 Å². The van der Waals surface area contributed by atoms with Crippen LogP contribution >= 0.6 is 11.3 Å². The molecule has 1 aliphatic heterocycles. The molecule has 0 aliphatic carbocycles. The lowest BCUT2D eigenvalue weighted by atomic mass is 10.2. The van der Waals surface area contributed by atoms with E-state index in [1.54, 1.807) is 17.2 Å². The molecule has 0 saturated heterocycles. The van der Waals surface area contributed by atoms with Crippen LogP contribution in [0.25, 0.3) is 11.5 Å². The first-order valence-corrected chi connectivity index (χ1v) is 9.94. The normalized spacial score (nSPS) is 13.5. The second-order valence-corrected chi connectivity index (χ2v) is 7.33. The van der Waals surface area contributed by atoms with Crippen LogP contribution in [0.1, 0.15) is 11.1 Å². The maximum Gasteiger partial charge on any atom is 0.231 e. The van der Waals surface area contributed by atoms with Gasteiger partial charge in [-0.2, -0.15) is 5.10 Å². The number of rotatable bonds is 4. The van der Waals surface area contributed by atoms with Crippen molar-refractivity contribution in [2.45, 2.75) is 6.92 Å². The Bertz CT molecular complexity index is 1240. The van der Waals surface area contributed by atoms with Gasteiger partial charge >= 0.3 is 0 Å². The molecule has 144 valence electrons. The predicted octanol–water partition coefficient (Wildman–Crippen LogP) is 4.96. The summed E-state index contributed by atoms with van der Waals surface area (Å²) in [4.78, 5) is 5.51. The Morgan fingerprint density at radius 2 is 1.90 bits per heavy atom. The van der Waals surface area contributed by atoms with Crippen LogP contribution < -0.4 is 14.3 Å². The number of thiazole rings is 1. The van der Waals surface area contributed by atoms with Gasteiger partial charge in [0.25, 0.3) is 0 Å². The van der Waals surface area contributed by atoms with Crippen molar-refractivity contribution in [2.24, 2.45) is 10.1 Å². The molecule has 0 atom stereocenters. The molecule has 0 amide bonds. The van der Waals surface area contributed by atoms with Crippen molar-refractivity contribution in [3.05, 3.63) is 82.2 Å². The van der Waals surface area contributed by atoms with E-state index in [9.17, 15) is 0 Å². The van der Waals surface area contributed by atoms with E-state index < -0.39 is 0 Å². The number of hydrogen-bond acceptors (Lipinski definition) is 6. The van der Waals surface area contributed by atoms with Gasteiger partial charge in [-0.25, -0.2) is 9.67 Å². The Balaban J connectivity index is 1.58. The van der Waals surface area contributed by atoms with Crippen LogP contribution in [0.4, 0.5) is 5.69 Å². The minimum absolute atomic E-state index is 0.247. The van der Waals surface area contributed by atoms with Crippen molar-refractivity contribution >= 4 is 23.2 Å². The van der Waals surface area contributed by atoms with E-state index >= 15 is 0 Å². The van der Waals surface area contributed by atoms with Crippen molar-refractivity contribution in [3.8, 4) is 23.0 Å². The predicted molar refractivity (Wildman–Crippen MR) is 112 cm³/mol. The second-order valence-electron chi connectivity index (χ2n) is 6.50. The van der Waals surface area contributed by atoms with Gasteiger partial charge in [-0.3, -0.25) is 0 Å². The highest BCUT2D eigenvalue weighted by Gasteiger charge is 2.13. The first-order valence-electron chi connectivity index (χ1n) is 9.06. The molecule has 0 spiro atoms. The smallest absolute Gasteiger partial charge is 0.231 e. The molecule has 6 nitrogen and oxygen atoms in total. The summed E-state index contributed by atoms with van der Waals surface area (Å²) in [6.45, 7) is 2.30. The molecule has 4 aromatic rings. The van der Waals surface area contributed by atoms with Gasteiger partial charge in [0, 0.05) is 5.38 Å². The van der Waals surface area contributed by atoms with Crippen LogP contribution in [0.2, 0.25) is 0 Å². The molecule has 0 bridgehead atoms. The van der Waals surface area contributed by atoms with E-state index in [2.05, 4.69) is 12.0 Å². The highest BCUT2D eigenvalue weighted by Crippen LogP contribution is 2.32. The Hall–Kier alpha value is -3.58. The van der Waals surface area contributed by atoms with Crippen LogP contribution in [0.15, 0.2) is 80.8 Å². The standard InChI is InChI=1S/C22H17N3O3S/c1-15-4-7-17(8-5-15)24-22-25(18(13-29-22)19-3-2-10-26-19)23-12-16-6-9-20-21(11-16)28-14-27-20/h2-13H,14H2,1H3. The Kier molecular flexibility index (Phi) is 4.50. The fourth-order valence-electron chi connectivity index (χ4n) is 2.93. The summed E-state index contributed by atoms with van der Waals surface area (Å²) in [5.41, 5.74) is 3.80. The number of fused-ring (bicyclic) bond motifs is 1. The molecule has 0 fully saturated rings. The summed E-state index contributed by atoms with van der Waals surface area (Å²) in [7, 11) is 0. The minimum atomic E-state index is 0.247. The third-order valence-electron chi connectivity index (χ3n) is 4.44. The molecule has 1 aliphatic rings. The largest absolute Gasteiger partial charge is 0.463 e. The minimum Gasteiger partial charge on any atom is -0.463 e.